The van der Waals surface area contributed by atoms with Crippen molar-refractivity contribution in [3.63, 3.8) is 0 Å². The van der Waals surface area contributed by atoms with Crippen molar-refractivity contribution in [2.45, 2.75) is 17.2 Å². The third kappa shape index (κ3) is 4.09. The van der Waals surface area contributed by atoms with Crippen molar-refractivity contribution in [2.24, 2.45) is 0 Å². The molecule has 1 fully saturated rings. The highest BCUT2D eigenvalue weighted by Gasteiger charge is 2.34. The van der Waals surface area contributed by atoms with Gasteiger partial charge in [-0.3, -0.25) is 0 Å². The molecule has 2 heterocycles. The van der Waals surface area contributed by atoms with Gasteiger partial charge in [0.05, 0.1) is 17.1 Å². The summed E-state index contributed by atoms with van der Waals surface area (Å²) >= 11 is 0. The fourth-order valence-electron chi connectivity index (χ4n) is 3.05. The molecule has 0 N–H and O–H groups in total. The van der Waals surface area contributed by atoms with E-state index >= 15 is 0 Å². The number of hydrogen-bond acceptors (Lipinski definition) is 6. The smallest absolute Gasteiger partial charge is 0.366 e. The number of morpholine rings is 1. The molecular formula is C19H16F3N3O4S. The quantitative estimate of drug-likeness (QED) is 0.619. The van der Waals surface area contributed by atoms with Crippen LogP contribution < -0.4 is 0 Å². The number of sulfonamides is 1. The predicted octanol–water partition coefficient (Wildman–Crippen LogP) is 3.52. The lowest BCUT2D eigenvalue weighted by atomic mass is 10.1. The van der Waals surface area contributed by atoms with Crippen LogP contribution in [0.15, 0.2) is 64.0 Å². The maximum absolute atomic E-state index is 12.9. The molecule has 0 spiro atoms. The van der Waals surface area contributed by atoms with Crippen LogP contribution in [-0.4, -0.2) is 42.6 Å². The zero-order chi connectivity index (χ0) is 21.4. The van der Waals surface area contributed by atoms with Crippen molar-refractivity contribution in [3.05, 3.63) is 66.1 Å². The largest absolute Gasteiger partial charge is 0.416 e. The molecule has 30 heavy (non-hydrogen) atoms. The van der Waals surface area contributed by atoms with E-state index in [4.69, 9.17) is 9.26 Å². The van der Waals surface area contributed by atoms with Crippen LogP contribution in [0.1, 0.15) is 17.6 Å². The Labute approximate surface area is 170 Å². The van der Waals surface area contributed by atoms with E-state index in [9.17, 15) is 21.6 Å². The molecule has 1 atom stereocenters. The van der Waals surface area contributed by atoms with Gasteiger partial charge in [0.15, 0.2) is 6.10 Å². The summed E-state index contributed by atoms with van der Waals surface area (Å²) < 4.78 is 76.4. The number of halogens is 3. The Bertz CT molecular complexity index is 1130. The number of rotatable bonds is 4. The molecule has 0 radical (unpaired) electrons. The number of alkyl halides is 3. The molecule has 1 aliphatic heterocycles. The molecule has 158 valence electrons. The van der Waals surface area contributed by atoms with Gasteiger partial charge in [-0.2, -0.15) is 22.5 Å². The molecule has 11 heteroatoms. The van der Waals surface area contributed by atoms with E-state index in [2.05, 4.69) is 10.1 Å². The highest BCUT2D eigenvalue weighted by molar-refractivity contribution is 7.89. The Morgan fingerprint density at radius 2 is 1.83 bits per heavy atom. The second-order valence-corrected chi connectivity index (χ2v) is 8.51. The average Bonchev–Trinajstić information content (AvgIpc) is 3.24. The van der Waals surface area contributed by atoms with Gasteiger partial charge in [-0.25, -0.2) is 8.42 Å². The summed E-state index contributed by atoms with van der Waals surface area (Å²) in [5.74, 6) is -0.0434. The molecule has 0 aliphatic carbocycles. The molecule has 7 nitrogen and oxygen atoms in total. The van der Waals surface area contributed by atoms with Crippen molar-refractivity contribution in [3.8, 4) is 11.4 Å². The minimum atomic E-state index is -4.50. The second-order valence-electron chi connectivity index (χ2n) is 6.57. The third-order valence-corrected chi connectivity index (χ3v) is 6.45. The Morgan fingerprint density at radius 1 is 1.07 bits per heavy atom. The number of benzene rings is 2. The van der Waals surface area contributed by atoms with E-state index in [1.165, 1.54) is 28.6 Å². The van der Waals surface area contributed by atoms with Crippen LogP contribution >= 0.6 is 0 Å². The van der Waals surface area contributed by atoms with Crippen LogP contribution in [-0.2, 0) is 20.9 Å². The standard InChI is InChI=1S/C19H16F3N3O4S/c20-19(21,22)14-6-4-5-13(11-14)17-23-18(29-24-17)16-12-25(9-10-28-16)30(26,27)15-7-2-1-3-8-15/h1-8,11,16H,9-10,12H2. The zero-order valence-electron chi connectivity index (χ0n) is 15.4. The number of aromatic nitrogens is 2. The Hall–Kier alpha value is -2.76. The van der Waals surface area contributed by atoms with Gasteiger partial charge in [-0.15, -0.1) is 0 Å². The molecule has 0 saturated carbocycles. The first-order chi connectivity index (χ1) is 14.2. The molecule has 3 aromatic rings. The van der Waals surface area contributed by atoms with Gasteiger partial charge < -0.3 is 9.26 Å². The lowest BCUT2D eigenvalue weighted by Gasteiger charge is -2.30. The fourth-order valence-corrected chi connectivity index (χ4v) is 4.50. The summed E-state index contributed by atoms with van der Waals surface area (Å²) in [7, 11) is -3.73. The predicted molar refractivity (Wildman–Crippen MR) is 98.6 cm³/mol. The van der Waals surface area contributed by atoms with Gasteiger partial charge in [0.1, 0.15) is 0 Å². The first-order valence-electron chi connectivity index (χ1n) is 8.93. The molecular weight excluding hydrogens is 423 g/mol. The SMILES string of the molecule is O=S(=O)(c1ccccc1)N1CCOC(c2nc(-c3cccc(C(F)(F)F)c3)no2)C1. The summed E-state index contributed by atoms with van der Waals surface area (Å²) in [4.78, 5) is 4.28. The van der Waals surface area contributed by atoms with Gasteiger partial charge >= 0.3 is 6.18 Å². The van der Waals surface area contributed by atoms with E-state index < -0.39 is 27.9 Å². The Balaban J connectivity index is 1.56. The average molecular weight is 439 g/mol. The van der Waals surface area contributed by atoms with Gasteiger partial charge in [0, 0.05) is 18.7 Å². The van der Waals surface area contributed by atoms with Crippen molar-refractivity contribution in [2.75, 3.05) is 19.7 Å². The minimum absolute atomic E-state index is 0.00428. The van der Waals surface area contributed by atoms with E-state index in [-0.39, 0.29) is 41.9 Å². The summed E-state index contributed by atoms with van der Waals surface area (Å²) in [5.41, 5.74) is -0.704. The second kappa shape index (κ2) is 7.82. The van der Waals surface area contributed by atoms with Gasteiger partial charge in [-0.1, -0.05) is 35.5 Å². The van der Waals surface area contributed by atoms with Crippen LogP contribution in [0, 0.1) is 0 Å². The minimum Gasteiger partial charge on any atom is -0.366 e. The molecule has 0 bridgehead atoms. The van der Waals surface area contributed by atoms with E-state index in [0.717, 1.165) is 12.1 Å². The topological polar surface area (TPSA) is 85.5 Å². The van der Waals surface area contributed by atoms with E-state index in [1.54, 1.807) is 18.2 Å². The lowest BCUT2D eigenvalue weighted by molar-refractivity contribution is -0.137. The summed E-state index contributed by atoms with van der Waals surface area (Å²) in [5, 5.41) is 3.73. The molecule has 4 rings (SSSR count). The maximum Gasteiger partial charge on any atom is 0.416 e. The van der Waals surface area contributed by atoms with Crippen LogP contribution in [0.4, 0.5) is 13.2 Å². The van der Waals surface area contributed by atoms with Crippen molar-refractivity contribution >= 4 is 10.0 Å². The van der Waals surface area contributed by atoms with Crippen LogP contribution in [0.3, 0.4) is 0 Å². The molecule has 1 aliphatic rings. The van der Waals surface area contributed by atoms with Crippen LogP contribution in [0.25, 0.3) is 11.4 Å². The maximum atomic E-state index is 12.9. The summed E-state index contributed by atoms with van der Waals surface area (Å²) in [6, 6.07) is 12.5. The highest BCUT2D eigenvalue weighted by atomic mass is 32.2. The first kappa shape index (κ1) is 20.5. The van der Waals surface area contributed by atoms with Crippen molar-refractivity contribution in [1.29, 1.82) is 0 Å². The number of hydrogen-bond donors (Lipinski definition) is 0. The van der Waals surface area contributed by atoms with Gasteiger partial charge in [0.25, 0.3) is 5.89 Å². The number of nitrogens with zero attached hydrogens (tertiary/aromatic N) is 3. The van der Waals surface area contributed by atoms with Crippen molar-refractivity contribution in [1.82, 2.24) is 14.4 Å². The molecule has 1 aromatic heterocycles. The first-order valence-corrected chi connectivity index (χ1v) is 10.4. The third-order valence-electron chi connectivity index (χ3n) is 4.58. The Kier molecular flexibility index (Phi) is 5.35. The summed E-state index contributed by atoms with van der Waals surface area (Å²) in [6.45, 7) is 0.210. The van der Waals surface area contributed by atoms with E-state index in [1.807, 2.05) is 0 Å². The van der Waals surface area contributed by atoms with Gasteiger partial charge in [0.2, 0.25) is 15.8 Å². The van der Waals surface area contributed by atoms with Crippen LogP contribution in [0.2, 0.25) is 0 Å². The normalized spacial score (nSPS) is 18.4. The number of ether oxygens (including phenoxy) is 1. The summed E-state index contributed by atoms with van der Waals surface area (Å²) in [6.07, 6.45) is -5.33. The monoisotopic (exact) mass is 439 g/mol. The zero-order valence-corrected chi connectivity index (χ0v) is 16.2. The Morgan fingerprint density at radius 3 is 2.57 bits per heavy atom. The molecule has 1 saturated heterocycles. The lowest BCUT2D eigenvalue weighted by Crippen LogP contribution is -2.42. The van der Waals surface area contributed by atoms with Gasteiger partial charge in [-0.05, 0) is 24.3 Å². The fraction of sp³-hybridized carbons (Fsp3) is 0.263. The van der Waals surface area contributed by atoms with Crippen LogP contribution in [0.5, 0.6) is 0 Å². The molecule has 2 aromatic carbocycles. The molecule has 0 amide bonds. The molecule has 1 unspecified atom stereocenters. The van der Waals surface area contributed by atoms with Crippen molar-refractivity contribution < 1.29 is 30.8 Å². The highest BCUT2D eigenvalue weighted by Crippen LogP contribution is 2.32. The van der Waals surface area contributed by atoms with E-state index in [0.29, 0.717) is 0 Å².